The highest BCUT2D eigenvalue weighted by molar-refractivity contribution is 7.19. The average Bonchev–Trinajstić information content (AvgIpc) is 3.19. The fraction of sp³-hybridized carbons (Fsp3) is 0.704. The molecule has 4 rings (SSSR count). The molecule has 32 heavy (non-hydrogen) atoms. The van der Waals surface area contributed by atoms with Gasteiger partial charge in [0.05, 0.1) is 16.7 Å². The second kappa shape index (κ2) is 10.5. The van der Waals surface area contributed by atoms with Gasteiger partial charge in [-0.3, -0.25) is 0 Å². The van der Waals surface area contributed by atoms with Crippen LogP contribution in [0.3, 0.4) is 0 Å². The molecule has 2 aliphatic carbocycles. The van der Waals surface area contributed by atoms with Crippen molar-refractivity contribution in [2.45, 2.75) is 109 Å². The van der Waals surface area contributed by atoms with Crippen molar-refractivity contribution in [2.75, 3.05) is 0 Å². The van der Waals surface area contributed by atoms with E-state index in [1.54, 1.807) is 11.3 Å². The summed E-state index contributed by atoms with van der Waals surface area (Å²) in [5, 5.41) is 0.977. The minimum absolute atomic E-state index is 0.0917. The maximum atomic E-state index is 15.3. The Bertz CT molecular complexity index is 876. The molecule has 0 saturated heterocycles. The summed E-state index contributed by atoms with van der Waals surface area (Å²) in [7, 11) is 0. The van der Waals surface area contributed by atoms with Gasteiger partial charge in [-0.2, -0.15) is 8.78 Å². The maximum absolute atomic E-state index is 15.3. The molecule has 2 aliphatic rings. The normalized spacial score (nSPS) is 27.2. The summed E-state index contributed by atoms with van der Waals surface area (Å²) in [6.07, 6.45) is 6.36. The molecule has 1 heterocycles. The van der Waals surface area contributed by atoms with Crippen molar-refractivity contribution in [3.8, 4) is 0 Å². The van der Waals surface area contributed by atoms with Crippen LogP contribution in [0.15, 0.2) is 18.2 Å². The lowest BCUT2D eigenvalue weighted by Gasteiger charge is -2.37. The molecule has 178 valence electrons. The van der Waals surface area contributed by atoms with Gasteiger partial charge in [0.2, 0.25) is 0 Å². The molecule has 0 spiro atoms. The van der Waals surface area contributed by atoms with Gasteiger partial charge in [-0.1, -0.05) is 45.2 Å². The minimum Gasteiger partial charge on any atom is -0.317 e. The highest BCUT2D eigenvalue weighted by atomic mass is 32.1. The third kappa shape index (κ3) is 5.35. The van der Waals surface area contributed by atoms with Crippen LogP contribution >= 0.6 is 11.3 Å². The Morgan fingerprint density at radius 1 is 0.969 bits per heavy atom. The van der Waals surface area contributed by atoms with Crippen LogP contribution in [-0.4, -0.2) is 12.2 Å². The molecule has 1 aromatic carbocycles. The third-order valence-electron chi connectivity index (χ3n) is 7.66. The molecule has 0 aliphatic heterocycles. The number of thiophene rings is 1. The zero-order chi connectivity index (χ0) is 22.7. The molecule has 2 fully saturated rings. The second-order valence-electron chi connectivity index (χ2n) is 10.0. The molecule has 0 amide bonds. The topological polar surface area (TPSA) is 9.23 Å². The smallest absolute Gasteiger partial charge is 0.317 e. The zero-order valence-corrected chi connectivity index (χ0v) is 20.3. The molecule has 0 N–H and O–H groups in total. The van der Waals surface area contributed by atoms with Crippen LogP contribution < -0.4 is 0 Å². The van der Waals surface area contributed by atoms with Crippen LogP contribution in [0.4, 0.5) is 13.2 Å². The van der Waals surface area contributed by atoms with Gasteiger partial charge in [0, 0.05) is 4.88 Å². The molecule has 5 heteroatoms. The van der Waals surface area contributed by atoms with Gasteiger partial charge in [-0.25, -0.2) is 4.39 Å². The number of hydrogen-bond acceptors (Lipinski definition) is 2. The number of fused-ring (bicyclic) bond motifs is 1. The molecular formula is C27H37F3OS. The monoisotopic (exact) mass is 466 g/mol. The minimum atomic E-state index is -3.04. The van der Waals surface area contributed by atoms with E-state index in [2.05, 4.69) is 19.9 Å². The third-order valence-corrected chi connectivity index (χ3v) is 8.86. The van der Waals surface area contributed by atoms with Crippen LogP contribution in [-0.2, 0) is 11.2 Å². The second-order valence-corrected chi connectivity index (χ2v) is 11.1. The Morgan fingerprint density at radius 3 is 2.34 bits per heavy atom. The molecular weight excluding hydrogens is 429 g/mol. The average molecular weight is 467 g/mol. The fourth-order valence-corrected chi connectivity index (χ4v) is 7.03. The van der Waals surface area contributed by atoms with Crippen LogP contribution in [0, 0.1) is 17.7 Å². The van der Waals surface area contributed by atoms with E-state index in [9.17, 15) is 8.78 Å². The molecule has 0 atom stereocenters. The van der Waals surface area contributed by atoms with Crippen molar-refractivity contribution < 1.29 is 17.9 Å². The van der Waals surface area contributed by atoms with E-state index < -0.39 is 18.1 Å². The first-order chi connectivity index (χ1) is 15.4. The first-order valence-electron chi connectivity index (χ1n) is 12.7. The quantitative estimate of drug-likeness (QED) is 0.377. The SMILES string of the molecule is CCCc1cc2ccc(C3CCC(OC(F)(F)C4CCC(CCC)CC4)CC3)c(F)c2s1. The van der Waals surface area contributed by atoms with Crippen molar-refractivity contribution in [1.29, 1.82) is 0 Å². The van der Waals surface area contributed by atoms with Crippen molar-refractivity contribution in [3.05, 3.63) is 34.5 Å². The van der Waals surface area contributed by atoms with Crippen molar-refractivity contribution >= 4 is 21.4 Å². The van der Waals surface area contributed by atoms with E-state index in [-0.39, 0.29) is 11.7 Å². The van der Waals surface area contributed by atoms with Crippen LogP contribution in [0.25, 0.3) is 10.1 Å². The number of rotatable bonds is 8. The summed E-state index contributed by atoms with van der Waals surface area (Å²) in [6, 6.07) is 6.03. The molecule has 0 unspecified atom stereocenters. The summed E-state index contributed by atoms with van der Waals surface area (Å²) in [5.74, 6) is -0.0529. The van der Waals surface area contributed by atoms with E-state index in [1.807, 2.05) is 12.1 Å². The van der Waals surface area contributed by atoms with E-state index in [0.717, 1.165) is 54.2 Å². The first-order valence-corrected chi connectivity index (χ1v) is 13.5. The number of ether oxygens (including phenoxy) is 1. The lowest BCUT2D eigenvalue weighted by atomic mass is 9.79. The van der Waals surface area contributed by atoms with Gasteiger partial charge in [-0.05, 0) is 86.6 Å². The molecule has 2 saturated carbocycles. The van der Waals surface area contributed by atoms with E-state index >= 15 is 4.39 Å². The predicted octanol–water partition coefficient (Wildman–Crippen LogP) is 9.23. The van der Waals surface area contributed by atoms with Crippen molar-refractivity contribution in [2.24, 2.45) is 11.8 Å². The Balaban J connectivity index is 1.33. The van der Waals surface area contributed by atoms with Crippen LogP contribution in [0.5, 0.6) is 0 Å². The summed E-state index contributed by atoms with van der Waals surface area (Å²) >= 11 is 1.56. The summed E-state index contributed by atoms with van der Waals surface area (Å²) in [6.45, 7) is 4.29. The molecule has 0 bridgehead atoms. The Kier molecular flexibility index (Phi) is 7.87. The van der Waals surface area contributed by atoms with Gasteiger partial charge in [0.1, 0.15) is 5.82 Å². The number of halogens is 3. The summed E-state index contributed by atoms with van der Waals surface area (Å²) < 4.78 is 51.1. The van der Waals surface area contributed by atoms with Gasteiger partial charge in [0.15, 0.2) is 0 Å². The number of aryl methyl sites for hydroxylation is 1. The predicted molar refractivity (Wildman–Crippen MR) is 127 cm³/mol. The number of benzene rings is 1. The Labute approximate surface area is 194 Å². The highest BCUT2D eigenvalue weighted by Gasteiger charge is 2.44. The van der Waals surface area contributed by atoms with Gasteiger partial charge < -0.3 is 4.74 Å². The molecule has 1 aromatic heterocycles. The molecule has 1 nitrogen and oxygen atoms in total. The van der Waals surface area contributed by atoms with Crippen molar-refractivity contribution in [1.82, 2.24) is 0 Å². The number of alkyl halides is 2. The molecule has 2 aromatic rings. The van der Waals surface area contributed by atoms with E-state index in [0.29, 0.717) is 44.4 Å². The highest BCUT2D eigenvalue weighted by Crippen LogP contribution is 2.44. The Morgan fingerprint density at radius 2 is 1.69 bits per heavy atom. The summed E-state index contributed by atoms with van der Waals surface area (Å²) in [5.41, 5.74) is 0.752. The largest absolute Gasteiger partial charge is 0.358 e. The summed E-state index contributed by atoms with van der Waals surface area (Å²) in [4.78, 5) is 1.22. The van der Waals surface area contributed by atoms with Crippen molar-refractivity contribution in [3.63, 3.8) is 0 Å². The van der Waals surface area contributed by atoms with Gasteiger partial charge >= 0.3 is 6.11 Å². The van der Waals surface area contributed by atoms with E-state index in [4.69, 9.17) is 4.74 Å². The van der Waals surface area contributed by atoms with E-state index in [1.165, 1.54) is 4.88 Å². The standard InChI is InChI=1S/C27H37F3OS/c1-3-5-18-7-12-21(13-8-18)27(29,30)31-22-14-9-19(10-15-22)24-16-11-20-17-23(6-4-2)32-26(20)25(24)28/h11,16-19,21-22H,3-10,12-15H2,1-2H3. The van der Waals surface area contributed by atoms with Crippen LogP contribution in [0.2, 0.25) is 0 Å². The van der Waals surface area contributed by atoms with Gasteiger partial charge in [-0.15, -0.1) is 11.3 Å². The maximum Gasteiger partial charge on any atom is 0.358 e. The Hall–Kier alpha value is -1.07. The fourth-order valence-electron chi connectivity index (χ4n) is 5.83. The zero-order valence-electron chi connectivity index (χ0n) is 19.5. The lowest BCUT2D eigenvalue weighted by Crippen LogP contribution is -2.39. The first kappa shape index (κ1) is 24.1. The van der Waals surface area contributed by atoms with Crippen LogP contribution in [0.1, 0.15) is 101 Å². The molecule has 0 radical (unpaired) electrons. The van der Waals surface area contributed by atoms with Gasteiger partial charge in [0.25, 0.3) is 0 Å². The number of hydrogen-bond donors (Lipinski definition) is 0. The lowest BCUT2D eigenvalue weighted by molar-refractivity contribution is -0.301.